The molecule has 0 saturated carbocycles. The molecule has 0 bridgehead atoms. The van der Waals surface area contributed by atoms with Crippen molar-refractivity contribution in [2.45, 2.75) is 6.92 Å². The largest absolute Gasteiger partial charge is 0.484 e. The third-order valence-electron chi connectivity index (χ3n) is 6.22. The van der Waals surface area contributed by atoms with Gasteiger partial charge in [0.1, 0.15) is 17.1 Å². The van der Waals surface area contributed by atoms with Crippen molar-refractivity contribution in [1.29, 1.82) is 0 Å². The number of piperazine rings is 1. The summed E-state index contributed by atoms with van der Waals surface area (Å²) < 4.78 is 11.7. The van der Waals surface area contributed by atoms with Crippen molar-refractivity contribution in [1.82, 2.24) is 4.90 Å². The molecule has 0 atom stereocenters. The van der Waals surface area contributed by atoms with E-state index in [9.17, 15) is 9.59 Å². The summed E-state index contributed by atoms with van der Waals surface area (Å²) >= 11 is 0. The summed E-state index contributed by atoms with van der Waals surface area (Å²) in [5.41, 5.74) is 2.93. The Balaban J connectivity index is 1.25. The number of fused-ring (bicyclic) bond motifs is 1. The summed E-state index contributed by atoms with van der Waals surface area (Å²) in [6.45, 7) is 4.63. The molecule has 1 fully saturated rings. The van der Waals surface area contributed by atoms with E-state index in [4.69, 9.17) is 9.15 Å². The Kier molecular flexibility index (Phi) is 6.04. The number of nitrogens with zero attached hydrogens (tertiary/aromatic N) is 2. The second-order valence-corrected chi connectivity index (χ2v) is 8.38. The lowest BCUT2D eigenvalue weighted by Gasteiger charge is -2.36. The van der Waals surface area contributed by atoms with Gasteiger partial charge in [0.05, 0.1) is 10.9 Å². The fraction of sp³-hybridized carbons (Fsp3) is 0.214. The normalized spacial score (nSPS) is 13.8. The van der Waals surface area contributed by atoms with Crippen molar-refractivity contribution in [3.05, 3.63) is 94.8 Å². The van der Waals surface area contributed by atoms with E-state index in [-0.39, 0.29) is 17.9 Å². The number of ether oxygens (including phenoxy) is 1. The third kappa shape index (κ3) is 4.39. The molecule has 0 spiro atoms. The molecular formula is C28H26N2O4. The molecule has 3 aromatic carbocycles. The van der Waals surface area contributed by atoms with Crippen molar-refractivity contribution in [3.8, 4) is 16.9 Å². The number of anilines is 1. The van der Waals surface area contributed by atoms with Crippen LogP contribution in [0.2, 0.25) is 0 Å². The molecule has 1 aliphatic rings. The summed E-state index contributed by atoms with van der Waals surface area (Å²) in [6, 6.07) is 24.8. The molecule has 4 aromatic rings. The van der Waals surface area contributed by atoms with Gasteiger partial charge < -0.3 is 19.0 Å². The predicted molar refractivity (Wildman–Crippen MR) is 133 cm³/mol. The van der Waals surface area contributed by atoms with Crippen molar-refractivity contribution in [3.63, 3.8) is 0 Å². The molecule has 1 aromatic heterocycles. The van der Waals surface area contributed by atoms with E-state index in [1.54, 1.807) is 25.1 Å². The van der Waals surface area contributed by atoms with Crippen LogP contribution in [0.15, 0.2) is 88.1 Å². The molecule has 0 radical (unpaired) electrons. The van der Waals surface area contributed by atoms with E-state index >= 15 is 0 Å². The molecule has 1 aliphatic heterocycles. The first-order valence-electron chi connectivity index (χ1n) is 11.4. The average molecular weight is 455 g/mol. The van der Waals surface area contributed by atoms with Crippen LogP contribution in [-0.4, -0.2) is 43.6 Å². The Labute approximate surface area is 198 Å². The summed E-state index contributed by atoms with van der Waals surface area (Å²) in [7, 11) is 0. The Hall–Kier alpha value is -4.06. The Bertz CT molecular complexity index is 1360. The Morgan fingerprint density at radius 3 is 2.29 bits per heavy atom. The van der Waals surface area contributed by atoms with Gasteiger partial charge in [0.25, 0.3) is 5.91 Å². The van der Waals surface area contributed by atoms with Crippen LogP contribution >= 0.6 is 0 Å². The Morgan fingerprint density at radius 2 is 1.59 bits per heavy atom. The quantitative estimate of drug-likeness (QED) is 0.445. The number of carbonyl (C=O) groups excluding carboxylic acids is 1. The molecule has 1 saturated heterocycles. The highest BCUT2D eigenvalue weighted by Crippen LogP contribution is 2.26. The topological polar surface area (TPSA) is 63.0 Å². The highest BCUT2D eigenvalue weighted by molar-refractivity contribution is 5.84. The zero-order valence-corrected chi connectivity index (χ0v) is 19.1. The molecule has 1 amide bonds. The van der Waals surface area contributed by atoms with Crippen molar-refractivity contribution < 1.29 is 13.9 Å². The van der Waals surface area contributed by atoms with Crippen LogP contribution in [0.25, 0.3) is 22.1 Å². The minimum absolute atomic E-state index is 0.0510. The number of hydrogen-bond acceptors (Lipinski definition) is 5. The lowest BCUT2D eigenvalue weighted by molar-refractivity contribution is -0.133. The lowest BCUT2D eigenvalue weighted by Crippen LogP contribution is -2.50. The summed E-state index contributed by atoms with van der Waals surface area (Å²) in [5, 5.41) is 0.486. The number of benzene rings is 3. The van der Waals surface area contributed by atoms with E-state index in [0.717, 1.165) is 18.7 Å². The molecule has 6 heteroatoms. The van der Waals surface area contributed by atoms with Gasteiger partial charge in [-0.05, 0) is 36.8 Å². The standard InChI is InChI=1S/C28H26N2O4/c1-20-27(21-8-4-2-5-9-21)28(32)24-13-12-23(18-25(24)34-20)33-19-26(31)30-16-14-29(15-17-30)22-10-6-3-7-11-22/h2-13,18H,14-17,19H2,1H3. The molecule has 2 heterocycles. The number of carbonyl (C=O) groups is 1. The van der Waals surface area contributed by atoms with E-state index in [2.05, 4.69) is 17.0 Å². The second-order valence-electron chi connectivity index (χ2n) is 8.38. The smallest absolute Gasteiger partial charge is 0.260 e. The van der Waals surface area contributed by atoms with Crippen molar-refractivity contribution in [2.75, 3.05) is 37.7 Å². The molecular weight excluding hydrogens is 428 g/mol. The van der Waals surface area contributed by atoms with E-state index in [0.29, 0.717) is 41.1 Å². The molecule has 34 heavy (non-hydrogen) atoms. The maximum atomic E-state index is 13.1. The van der Waals surface area contributed by atoms with E-state index < -0.39 is 0 Å². The SMILES string of the molecule is Cc1oc2cc(OCC(=O)N3CCN(c4ccccc4)CC3)ccc2c(=O)c1-c1ccccc1. The maximum absolute atomic E-state index is 13.1. The molecule has 172 valence electrons. The Morgan fingerprint density at radius 1 is 0.912 bits per heavy atom. The zero-order chi connectivity index (χ0) is 23.5. The molecule has 0 unspecified atom stereocenters. The summed E-state index contributed by atoms with van der Waals surface area (Å²) in [5.74, 6) is 0.997. The minimum atomic E-state index is -0.0798. The van der Waals surface area contributed by atoms with Gasteiger partial charge in [-0.25, -0.2) is 0 Å². The first kappa shape index (κ1) is 21.8. The van der Waals surface area contributed by atoms with Gasteiger partial charge in [-0.15, -0.1) is 0 Å². The first-order valence-corrected chi connectivity index (χ1v) is 11.4. The van der Waals surface area contributed by atoms with Gasteiger partial charge in [-0.3, -0.25) is 9.59 Å². The average Bonchev–Trinajstić information content (AvgIpc) is 2.88. The van der Waals surface area contributed by atoms with Crippen LogP contribution in [0.1, 0.15) is 5.76 Å². The van der Waals surface area contributed by atoms with Gasteiger partial charge in [0, 0.05) is 37.9 Å². The van der Waals surface area contributed by atoms with Crippen LogP contribution in [0.3, 0.4) is 0 Å². The highest BCUT2D eigenvalue weighted by atomic mass is 16.5. The number of aryl methyl sites for hydroxylation is 1. The molecule has 5 rings (SSSR count). The third-order valence-corrected chi connectivity index (χ3v) is 6.22. The molecule has 0 N–H and O–H groups in total. The monoisotopic (exact) mass is 454 g/mol. The second kappa shape index (κ2) is 9.43. The first-order chi connectivity index (χ1) is 16.6. The van der Waals surface area contributed by atoms with Crippen LogP contribution in [0.5, 0.6) is 5.75 Å². The van der Waals surface area contributed by atoms with E-state index in [1.165, 1.54) is 5.69 Å². The maximum Gasteiger partial charge on any atom is 0.260 e. The number of rotatable bonds is 5. The lowest BCUT2D eigenvalue weighted by atomic mass is 10.0. The van der Waals surface area contributed by atoms with Gasteiger partial charge in [0.15, 0.2) is 6.61 Å². The van der Waals surface area contributed by atoms with Crippen LogP contribution < -0.4 is 15.1 Å². The fourth-order valence-corrected chi connectivity index (χ4v) is 4.40. The van der Waals surface area contributed by atoms with Gasteiger partial charge in [0.2, 0.25) is 5.43 Å². The number of hydrogen-bond donors (Lipinski definition) is 0. The summed E-state index contributed by atoms with van der Waals surface area (Å²) in [6.07, 6.45) is 0. The van der Waals surface area contributed by atoms with Gasteiger partial charge in [-0.1, -0.05) is 48.5 Å². The zero-order valence-electron chi connectivity index (χ0n) is 19.1. The van der Waals surface area contributed by atoms with Crippen molar-refractivity contribution in [2.24, 2.45) is 0 Å². The van der Waals surface area contributed by atoms with Crippen LogP contribution in [0, 0.1) is 6.92 Å². The molecule has 6 nitrogen and oxygen atoms in total. The fourth-order valence-electron chi connectivity index (χ4n) is 4.40. The predicted octanol–water partition coefficient (Wildman–Crippen LogP) is 4.50. The van der Waals surface area contributed by atoms with Crippen LogP contribution in [0.4, 0.5) is 5.69 Å². The number of para-hydroxylation sites is 1. The van der Waals surface area contributed by atoms with Crippen molar-refractivity contribution >= 4 is 22.6 Å². The highest BCUT2D eigenvalue weighted by Gasteiger charge is 2.22. The minimum Gasteiger partial charge on any atom is -0.484 e. The van der Waals surface area contributed by atoms with Gasteiger partial charge in [-0.2, -0.15) is 0 Å². The van der Waals surface area contributed by atoms with Gasteiger partial charge >= 0.3 is 0 Å². The molecule has 0 aliphatic carbocycles. The van der Waals surface area contributed by atoms with Crippen LogP contribution in [-0.2, 0) is 4.79 Å². The van der Waals surface area contributed by atoms with E-state index in [1.807, 2.05) is 53.4 Å². The number of amides is 1. The summed E-state index contributed by atoms with van der Waals surface area (Å²) in [4.78, 5) is 29.9.